The molecule has 31 heavy (non-hydrogen) atoms. The summed E-state index contributed by atoms with van der Waals surface area (Å²) >= 11 is 6.24. The highest BCUT2D eigenvalue weighted by Crippen LogP contribution is 2.32. The molecular formula is C21H17FN2O5S2. The molecule has 1 saturated heterocycles. The third-order valence-corrected chi connectivity index (χ3v) is 5.82. The zero-order valence-corrected chi connectivity index (χ0v) is 17.9. The van der Waals surface area contributed by atoms with E-state index in [0.29, 0.717) is 10.5 Å². The number of thioether (sulfide) groups is 1. The Kier molecular flexibility index (Phi) is 6.71. The van der Waals surface area contributed by atoms with Crippen LogP contribution in [0.15, 0.2) is 47.4 Å². The highest BCUT2D eigenvalue weighted by Gasteiger charge is 2.34. The molecule has 2 aromatic carbocycles. The molecule has 0 spiro atoms. The van der Waals surface area contributed by atoms with Crippen LogP contribution in [0.5, 0.6) is 11.5 Å². The van der Waals surface area contributed by atoms with Gasteiger partial charge >= 0.3 is 0 Å². The van der Waals surface area contributed by atoms with Crippen LogP contribution in [0, 0.1) is 5.82 Å². The highest BCUT2D eigenvalue weighted by atomic mass is 32.2. The van der Waals surface area contributed by atoms with Crippen molar-refractivity contribution in [2.24, 2.45) is 0 Å². The van der Waals surface area contributed by atoms with E-state index in [9.17, 15) is 29.0 Å². The average molecular weight is 461 g/mol. The van der Waals surface area contributed by atoms with E-state index >= 15 is 0 Å². The van der Waals surface area contributed by atoms with Crippen LogP contribution >= 0.6 is 24.0 Å². The number of rotatable bonds is 6. The number of thiocarbonyl (C=S) groups is 1. The van der Waals surface area contributed by atoms with Crippen molar-refractivity contribution in [1.29, 1.82) is 0 Å². The van der Waals surface area contributed by atoms with Crippen LogP contribution in [-0.2, 0) is 9.59 Å². The number of carbonyl (C=O) groups excluding carboxylic acids is 3. The Morgan fingerprint density at radius 1 is 1.16 bits per heavy atom. The van der Waals surface area contributed by atoms with Crippen LogP contribution in [0.3, 0.4) is 0 Å². The summed E-state index contributed by atoms with van der Waals surface area (Å²) in [5.41, 5.74) is 0.746. The van der Waals surface area contributed by atoms with E-state index in [1.807, 2.05) is 0 Å². The fourth-order valence-electron chi connectivity index (χ4n) is 2.69. The molecule has 2 N–H and O–H groups in total. The highest BCUT2D eigenvalue weighted by molar-refractivity contribution is 8.26. The molecule has 2 amide bonds. The smallest absolute Gasteiger partial charge is 0.266 e. The van der Waals surface area contributed by atoms with Gasteiger partial charge in [-0.2, -0.15) is 0 Å². The third kappa shape index (κ3) is 5.28. The minimum Gasteiger partial charge on any atom is -0.504 e. The molecule has 3 rings (SSSR count). The maximum atomic E-state index is 13.0. The van der Waals surface area contributed by atoms with Crippen LogP contribution in [0.25, 0.3) is 6.08 Å². The van der Waals surface area contributed by atoms with Gasteiger partial charge in [-0.05, 0) is 42.0 Å². The molecule has 0 atom stereocenters. The summed E-state index contributed by atoms with van der Waals surface area (Å²) in [5.74, 6) is -2.59. The Bertz CT molecular complexity index is 1100. The van der Waals surface area contributed by atoms with Crippen molar-refractivity contribution in [2.45, 2.75) is 0 Å². The summed E-state index contributed by atoms with van der Waals surface area (Å²) in [6, 6.07) is 9.21. The van der Waals surface area contributed by atoms with E-state index in [-0.39, 0.29) is 28.7 Å². The van der Waals surface area contributed by atoms with Crippen LogP contribution in [0.1, 0.15) is 15.9 Å². The van der Waals surface area contributed by atoms with E-state index in [1.165, 1.54) is 43.4 Å². The zero-order chi connectivity index (χ0) is 22.7. The number of ketones is 1. The predicted molar refractivity (Wildman–Crippen MR) is 118 cm³/mol. The van der Waals surface area contributed by atoms with Gasteiger partial charge in [-0.15, -0.1) is 0 Å². The molecule has 0 radical (unpaired) electrons. The quantitative estimate of drug-likeness (QED) is 0.296. The Balaban J connectivity index is 1.64. The number of likely N-dealkylation sites (N-methyl/N-ethyl adjacent to an activating group) is 1. The van der Waals surface area contributed by atoms with Crippen molar-refractivity contribution in [3.05, 3.63) is 64.3 Å². The topological polar surface area (TPSA) is 98.2 Å². The maximum absolute atomic E-state index is 13.0. The number of phenols is 2. The number of amides is 2. The summed E-state index contributed by atoms with van der Waals surface area (Å²) in [4.78, 5) is 40.1. The van der Waals surface area contributed by atoms with Gasteiger partial charge < -0.3 is 15.1 Å². The van der Waals surface area contributed by atoms with Crippen molar-refractivity contribution in [3.63, 3.8) is 0 Å². The van der Waals surface area contributed by atoms with Gasteiger partial charge in [-0.25, -0.2) is 4.39 Å². The van der Waals surface area contributed by atoms with Gasteiger partial charge in [0.1, 0.15) is 16.7 Å². The second-order valence-corrected chi connectivity index (χ2v) is 8.37. The fraction of sp³-hybridized carbons (Fsp3) is 0.143. The van der Waals surface area contributed by atoms with Crippen LogP contribution < -0.4 is 0 Å². The molecule has 160 valence electrons. The molecule has 10 heteroatoms. The first kappa shape index (κ1) is 22.4. The van der Waals surface area contributed by atoms with Crippen molar-refractivity contribution in [1.82, 2.24) is 9.80 Å². The van der Waals surface area contributed by atoms with E-state index in [1.54, 1.807) is 6.08 Å². The average Bonchev–Trinajstić information content (AvgIpc) is 2.98. The summed E-state index contributed by atoms with van der Waals surface area (Å²) in [7, 11) is 1.41. The standard InChI is InChI=1S/C21H17FN2O5S2/c1-23(10-17(27)13-4-7-15(25)16(26)9-13)19(28)11-24-20(29)18(31-21(24)30)8-12-2-5-14(22)6-3-12/h2-9,25-26H,10-11H2,1H3/b18-8-. The monoisotopic (exact) mass is 460 g/mol. The predicted octanol–water partition coefficient (Wildman–Crippen LogP) is 2.78. The largest absolute Gasteiger partial charge is 0.504 e. The van der Waals surface area contributed by atoms with Gasteiger partial charge in [0.25, 0.3) is 5.91 Å². The molecule has 1 aliphatic rings. The second-order valence-electron chi connectivity index (χ2n) is 6.70. The summed E-state index contributed by atoms with van der Waals surface area (Å²) < 4.78 is 13.2. The number of Topliss-reactive ketones (excluding diaryl/α,β-unsaturated/α-hetero) is 1. The van der Waals surface area contributed by atoms with Gasteiger partial charge in [-0.3, -0.25) is 19.3 Å². The molecular weight excluding hydrogens is 443 g/mol. The van der Waals surface area contributed by atoms with E-state index in [2.05, 4.69) is 0 Å². The van der Waals surface area contributed by atoms with Crippen LogP contribution in [0.4, 0.5) is 4.39 Å². The second kappa shape index (κ2) is 9.27. The molecule has 0 aliphatic carbocycles. The fourth-order valence-corrected chi connectivity index (χ4v) is 3.95. The third-order valence-electron chi connectivity index (χ3n) is 4.44. The zero-order valence-electron chi connectivity index (χ0n) is 16.2. The van der Waals surface area contributed by atoms with Gasteiger partial charge in [0, 0.05) is 12.6 Å². The molecule has 0 unspecified atom stereocenters. The van der Waals surface area contributed by atoms with Crippen molar-refractivity contribution in [3.8, 4) is 11.5 Å². The lowest BCUT2D eigenvalue weighted by atomic mass is 10.1. The SMILES string of the molecule is CN(CC(=O)c1ccc(O)c(O)c1)C(=O)CN1C(=O)/C(=C/c2ccc(F)cc2)SC1=S. The number of phenolic OH excluding ortho intramolecular Hbond substituents is 2. The Morgan fingerprint density at radius 2 is 1.84 bits per heavy atom. The maximum Gasteiger partial charge on any atom is 0.266 e. The summed E-state index contributed by atoms with van der Waals surface area (Å²) in [6.45, 7) is -0.626. The van der Waals surface area contributed by atoms with Crippen LogP contribution in [-0.4, -0.2) is 62.1 Å². The Hall–Kier alpha value is -3.24. The Morgan fingerprint density at radius 3 is 2.48 bits per heavy atom. The number of hydrogen-bond donors (Lipinski definition) is 2. The molecule has 0 saturated carbocycles. The lowest BCUT2D eigenvalue weighted by Crippen LogP contribution is -2.42. The number of carbonyl (C=O) groups is 3. The molecule has 0 aromatic heterocycles. The van der Waals surface area contributed by atoms with Gasteiger partial charge in [0.2, 0.25) is 5.91 Å². The van der Waals surface area contributed by atoms with Crippen molar-refractivity contribution in [2.75, 3.05) is 20.1 Å². The molecule has 7 nitrogen and oxygen atoms in total. The van der Waals surface area contributed by atoms with Crippen molar-refractivity contribution < 1.29 is 29.0 Å². The van der Waals surface area contributed by atoms with E-state index in [0.717, 1.165) is 27.6 Å². The van der Waals surface area contributed by atoms with Gasteiger partial charge in [0.15, 0.2) is 17.3 Å². The number of benzene rings is 2. The first-order valence-electron chi connectivity index (χ1n) is 8.96. The molecule has 1 aliphatic heterocycles. The van der Waals surface area contributed by atoms with E-state index in [4.69, 9.17) is 12.2 Å². The molecule has 1 fully saturated rings. The lowest BCUT2D eigenvalue weighted by molar-refractivity contribution is -0.134. The molecule has 0 bridgehead atoms. The summed E-state index contributed by atoms with van der Waals surface area (Å²) in [6.07, 6.45) is 1.56. The van der Waals surface area contributed by atoms with E-state index < -0.39 is 29.2 Å². The molecule has 2 aromatic rings. The minimum absolute atomic E-state index is 0.128. The molecule has 1 heterocycles. The minimum atomic E-state index is -0.504. The van der Waals surface area contributed by atoms with Crippen LogP contribution in [0.2, 0.25) is 0 Å². The number of aromatic hydroxyl groups is 2. The number of hydrogen-bond acceptors (Lipinski definition) is 7. The van der Waals surface area contributed by atoms with Gasteiger partial charge in [0.05, 0.1) is 11.4 Å². The first-order chi connectivity index (χ1) is 14.7. The number of halogens is 1. The summed E-state index contributed by atoms with van der Waals surface area (Å²) in [5, 5.41) is 18.8. The van der Waals surface area contributed by atoms with Gasteiger partial charge in [-0.1, -0.05) is 36.1 Å². The first-order valence-corrected chi connectivity index (χ1v) is 10.2. The number of nitrogens with zero attached hydrogens (tertiary/aromatic N) is 2. The van der Waals surface area contributed by atoms with Crippen molar-refractivity contribution >= 4 is 52.0 Å². The normalized spacial score (nSPS) is 14.9. The Labute approximate surface area is 186 Å². The lowest BCUT2D eigenvalue weighted by Gasteiger charge is -2.20.